The molecule has 0 aromatic heterocycles. The Hall–Kier alpha value is -2.97. The summed E-state index contributed by atoms with van der Waals surface area (Å²) in [5.41, 5.74) is -0.184. The number of hydrogen-bond acceptors (Lipinski definition) is 6. The van der Waals surface area contributed by atoms with Gasteiger partial charge in [-0.25, -0.2) is 4.39 Å². The van der Waals surface area contributed by atoms with Crippen LogP contribution in [0.4, 0.5) is 4.39 Å². The second kappa shape index (κ2) is 10.4. The van der Waals surface area contributed by atoms with Crippen molar-refractivity contribution >= 4 is 23.8 Å². The number of nitrogens with zero attached hydrogens (tertiary/aromatic N) is 1. The number of halogens is 1. The topological polar surface area (TPSA) is 102 Å². The maximum Gasteiger partial charge on any atom is 0.325 e. The van der Waals surface area contributed by atoms with E-state index in [0.717, 1.165) is 6.07 Å². The van der Waals surface area contributed by atoms with Gasteiger partial charge in [0.25, 0.3) is 11.8 Å². The molecular formula is C19H23FN2O6. The van der Waals surface area contributed by atoms with E-state index < -0.39 is 30.8 Å². The molecule has 2 rings (SSSR count). The number of carbonyl (C=O) groups excluding carboxylic acids is 4. The minimum atomic E-state index is -0.806. The second-order valence-electron chi connectivity index (χ2n) is 6.23. The molecule has 1 aromatic rings. The Morgan fingerprint density at radius 1 is 1.14 bits per heavy atom. The number of rotatable bonds is 7. The van der Waals surface area contributed by atoms with E-state index in [1.807, 2.05) is 0 Å². The monoisotopic (exact) mass is 394 g/mol. The van der Waals surface area contributed by atoms with Crippen LogP contribution in [0.25, 0.3) is 0 Å². The van der Waals surface area contributed by atoms with Crippen LogP contribution < -0.4 is 5.32 Å². The summed E-state index contributed by atoms with van der Waals surface area (Å²) >= 11 is 0. The highest BCUT2D eigenvalue weighted by Crippen LogP contribution is 2.18. The van der Waals surface area contributed by atoms with Gasteiger partial charge in [-0.05, 0) is 31.9 Å². The highest BCUT2D eigenvalue weighted by Gasteiger charge is 2.28. The van der Waals surface area contributed by atoms with Crippen LogP contribution in [0.1, 0.15) is 30.1 Å². The third-order valence-corrected chi connectivity index (χ3v) is 4.34. The molecule has 0 saturated carbocycles. The van der Waals surface area contributed by atoms with Crippen LogP contribution in [0.5, 0.6) is 0 Å². The Balaban J connectivity index is 1.69. The van der Waals surface area contributed by atoms with Crippen molar-refractivity contribution in [3.05, 3.63) is 35.6 Å². The minimum absolute atomic E-state index is 0.184. The molecule has 9 heteroatoms. The summed E-state index contributed by atoms with van der Waals surface area (Å²) in [7, 11) is 0. The maximum absolute atomic E-state index is 13.5. The molecule has 0 radical (unpaired) electrons. The van der Waals surface area contributed by atoms with Gasteiger partial charge in [-0.3, -0.25) is 19.2 Å². The molecule has 1 aliphatic rings. The average molecular weight is 394 g/mol. The summed E-state index contributed by atoms with van der Waals surface area (Å²) in [5.74, 6) is -3.11. The lowest BCUT2D eigenvalue weighted by molar-refractivity contribution is -0.154. The number of ether oxygens (including phenoxy) is 2. The van der Waals surface area contributed by atoms with Crippen LogP contribution in [0, 0.1) is 11.7 Å². The molecule has 0 aliphatic carbocycles. The predicted octanol–water partition coefficient (Wildman–Crippen LogP) is 0.900. The van der Waals surface area contributed by atoms with Crippen LogP contribution >= 0.6 is 0 Å². The first-order valence-corrected chi connectivity index (χ1v) is 9.05. The van der Waals surface area contributed by atoms with Crippen LogP contribution in [-0.4, -0.2) is 61.5 Å². The van der Waals surface area contributed by atoms with E-state index in [9.17, 15) is 23.6 Å². The lowest BCUT2D eigenvalue weighted by atomic mass is 9.97. The van der Waals surface area contributed by atoms with Crippen molar-refractivity contribution in [3.63, 3.8) is 0 Å². The normalized spacial score (nSPS) is 14.3. The average Bonchev–Trinajstić information content (AvgIpc) is 2.70. The maximum atomic E-state index is 13.5. The van der Waals surface area contributed by atoms with E-state index in [2.05, 4.69) is 5.32 Å². The van der Waals surface area contributed by atoms with Gasteiger partial charge in [-0.1, -0.05) is 12.1 Å². The largest absolute Gasteiger partial charge is 0.466 e. The summed E-state index contributed by atoms with van der Waals surface area (Å²) in [5, 5.41) is 2.24. The zero-order valence-corrected chi connectivity index (χ0v) is 15.6. The molecule has 28 heavy (non-hydrogen) atoms. The van der Waals surface area contributed by atoms with E-state index in [4.69, 9.17) is 9.47 Å². The third-order valence-electron chi connectivity index (χ3n) is 4.34. The van der Waals surface area contributed by atoms with Gasteiger partial charge < -0.3 is 19.7 Å². The Morgan fingerprint density at radius 3 is 2.46 bits per heavy atom. The summed E-state index contributed by atoms with van der Waals surface area (Å²) < 4.78 is 23.3. The van der Waals surface area contributed by atoms with E-state index in [1.54, 1.807) is 6.92 Å². The van der Waals surface area contributed by atoms with Crippen molar-refractivity contribution in [1.29, 1.82) is 0 Å². The molecule has 1 aliphatic heterocycles. The number of piperidine rings is 1. The Labute approximate surface area is 162 Å². The quantitative estimate of drug-likeness (QED) is 0.690. The van der Waals surface area contributed by atoms with Crippen molar-refractivity contribution in [2.75, 3.05) is 32.8 Å². The second-order valence-corrected chi connectivity index (χ2v) is 6.23. The number of carbonyl (C=O) groups is 4. The van der Waals surface area contributed by atoms with Gasteiger partial charge in [0, 0.05) is 13.1 Å². The van der Waals surface area contributed by atoms with E-state index in [-0.39, 0.29) is 23.4 Å². The van der Waals surface area contributed by atoms with Crippen LogP contribution in [-0.2, 0) is 23.9 Å². The van der Waals surface area contributed by atoms with Gasteiger partial charge >= 0.3 is 11.9 Å². The highest BCUT2D eigenvalue weighted by molar-refractivity contribution is 5.96. The summed E-state index contributed by atoms with van der Waals surface area (Å²) in [6.45, 7) is 1.88. The van der Waals surface area contributed by atoms with E-state index >= 15 is 0 Å². The fraction of sp³-hybridized carbons (Fsp3) is 0.474. The highest BCUT2D eigenvalue weighted by atomic mass is 19.1. The lowest BCUT2D eigenvalue weighted by Crippen LogP contribution is -2.43. The lowest BCUT2D eigenvalue weighted by Gasteiger charge is -2.30. The van der Waals surface area contributed by atoms with Gasteiger partial charge in [0.2, 0.25) is 0 Å². The molecule has 1 N–H and O–H groups in total. The first-order chi connectivity index (χ1) is 13.4. The molecule has 1 fully saturated rings. The smallest absolute Gasteiger partial charge is 0.325 e. The molecule has 1 aromatic carbocycles. The number of likely N-dealkylation sites (tertiary alicyclic amines) is 1. The molecule has 152 valence electrons. The van der Waals surface area contributed by atoms with Crippen LogP contribution in [0.3, 0.4) is 0 Å². The minimum Gasteiger partial charge on any atom is -0.466 e. The standard InChI is InChI=1S/C19H23FN2O6/c1-2-27-19(26)13-7-9-22(10-8-13)16(23)12-28-17(24)11-21-18(25)14-5-3-4-6-15(14)20/h3-6,13H,2,7-12H2,1H3,(H,21,25). The molecule has 2 amide bonds. The van der Waals surface area contributed by atoms with Gasteiger partial charge in [-0.15, -0.1) is 0 Å². The summed E-state index contributed by atoms with van der Waals surface area (Å²) in [4.78, 5) is 48.8. The molecule has 1 heterocycles. The fourth-order valence-corrected chi connectivity index (χ4v) is 2.80. The summed E-state index contributed by atoms with van der Waals surface area (Å²) in [6, 6.07) is 5.37. The zero-order chi connectivity index (χ0) is 20.5. The number of benzene rings is 1. The number of esters is 2. The third kappa shape index (κ3) is 6.04. The molecule has 0 unspecified atom stereocenters. The first-order valence-electron chi connectivity index (χ1n) is 9.05. The number of nitrogens with one attached hydrogen (secondary N) is 1. The van der Waals surface area contributed by atoms with Crippen molar-refractivity contribution < 1.29 is 33.0 Å². The molecule has 0 atom stereocenters. The van der Waals surface area contributed by atoms with E-state index in [0.29, 0.717) is 32.5 Å². The zero-order valence-electron chi connectivity index (χ0n) is 15.6. The van der Waals surface area contributed by atoms with Crippen LogP contribution in [0.15, 0.2) is 24.3 Å². The summed E-state index contributed by atoms with van der Waals surface area (Å²) in [6.07, 6.45) is 0.994. The SMILES string of the molecule is CCOC(=O)C1CCN(C(=O)COC(=O)CNC(=O)c2ccccc2F)CC1. The molecule has 1 saturated heterocycles. The molecule has 0 spiro atoms. The van der Waals surface area contributed by atoms with Crippen molar-refractivity contribution in [2.24, 2.45) is 5.92 Å². The van der Waals surface area contributed by atoms with E-state index in [1.165, 1.54) is 23.1 Å². The Morgan fingerprint density at radius 2 is 1.82 bits per heavy atom. The molecular weight excluding hydrogens is 371 g/mol. The first kappa shape index (κ1) is 21.3. The van der Waals surface area contributed by atoms with Crippen molar-refractivity contribution in [3.8, 4) is 0 Å². The number of hydrogen-bond donors (Lipinski definition) is 1. The van der Waals surface area contributed by atoms with Crippen molar-refractivity contribution in [1.82, 2.24) is 10.2 Å². The van der Waals surface area contributed by atoms with Gasteiger partial charge in [0.05, 0.1) is 18.1 Å². The molecule has 8 nitrogen and oxygen atoms in total. The van der Waals surface area contributed by atoms with Gasteiger partial charge in [0.1, 0.15) is 12.4 Å². The van der Waals surface area contributed by atoms with Crippen LogP contribution in [0.2, 0.25) is 0 Å². The Kier molecular flexibility index (Phi) is 7.91. The fourth-order valence-electron chi connectivity index (χ4n) is 2.80. The molecule has 0 bridgehead atoms. The van der Waals surface area contributed by atoms with Gasteiger partial charge in [0.15, 0.2) is 6.61 Å². The number of amides is 2. The Bertz CT molecular complexity index is 731. The van der Waals surface area contributed by atoms with Gasteiger partial charge in [-0.2, -0.15) is 0 Å². The van der Waals surface area contributed by atoms with Crippen molar-refractivity contribution in [2.45, 2.75) is 19.8 Å². The predicted molar refractivity (Wildman–Crippen MR) is 95.6 cm³/mol.